The largest absolute Gasteiger partial charge is 0.322 e. The van der Waals surface area contributed by atoms with Gasteiger partial charge in [0.05, 0.1) is 39.9 Å². The first-order chi connectivity index (χ1) is 17.1. The lowest BCUT2D eigenvalue weighted by Gasteiger charge is -2.13. The number of nitrogens with one attached hydrogen (secondary N) is 1. The Labute approximate surface area is 211 Å². The zero-order valence-corrected chi connectivity index (χ0v) is 21.8. The van der Waals surface area contributed by atoms with Gasteiger partial charge in [0, 0.05) is 11.3 Å². The Kier molecular flexibility index (Phi) is 6.16. The van der Waals surface area contributed by atoms with Crippen LogP contribution in [0.2, 0.25) is 0 Å². The van der Waals surface area contributed by atoms with Crippen LogP contribution in [0, 0.1) is 20.8 Å². The Morgan fingerprint density at radius 3 is 2.36 bits per heavy atom. The molecule has 1 atom stereocenters. The second-order valence-corrected chi connectivity index (χ2v) is 12.0. The first-order valence-electron chi connectivity index (χ1n) is 12.2. The maximum atomic E-state index is 13.6. The lowest BCUT2D eigenvalue weighted by Crippen LogP contribution is -2.15. The van der Waals surface area contributed by atoms with Crippen LogP contribution in [0.25, 0.3) is 22.3 Å². The number of benzene rings is 2. The third kappa shape index (κ3) is 4.65. The van der Waals surface area contributed by atoms with Gasteiger partial charge in [0.1, 0.15) is 0 Å². The standard InChI is InChI=1S/C28H30N4O3S/c1-5-20-6-8-21(9-7-20)25-15-24(28(33)29-22-13-17(2)12-18(3)14-22)26-19(4)31-32(27(26)30-25)23-10-11-36(34,35)16-23/h6-9,12-15,23H,5,10-11,16H2,1-4H3,(H,29,33). The smallest absolute Gasteiger partial charge is 0.256 e. The summed E-state index contributed by atoms with van der Waals surface area (Å²) in [6.07, 6.45) is 1.41. The van der Waals surface area contributed by atoms with Crippen LogP contribution in [0.4, 0.5) is 5.69 Å². The van der Waals surface area contributed by atoms with Gasteiger partial charge in [0.25, 0.3) is 5.91 Å². The number of hydrogen-bond donors (Lipinski definition) is 1. The maximum Gasteiger partial charge on any atom is 0.256 e. The molecule has 0 radical (unpaired) electrons. The van der Waals surface area contributed by atoms with E-state index in [1.807, 2.05) is 51.1 Å². The molecular formula is C28H30N4O3S. The molecule has 0 saturated carbocycles. The molecule has 1 amide bonds. The number of fused-ring (bicyclic) bond motifs is 1. The molecule has 0 spiro atoms. The van der Waals surface area contributed by atoms with E-state index in [1.54, 1.807) is 4.68 Å². The number of amides is 1. The van der Waals surface area contributed by atoms with E-state index in [-0.39, 0.29) is 23.5 Å². The van der Waals surface area contributed by atoms with Crippen LogP contribution >= 0.6 is 0 Å². The first kappa shape index (κ1) is 24.2. The quantitative estimate of drug-likeness (QED) is 0.405. The van der Waals surface area contributed by atoms with Crippen LogP contribution in [0.15, 0.2) is 48.5 Å². The van der Waals surface area contributed by atoms with Gasteiger partial charge in [-0.25, -0.2) is 18.1 Å². The highest BCUT2D eigenvalue weighted by molar-refractivity contribution is 7.91. The van der Waals surface area contributed by atoms with Crippen LogP contribution in [0.1, 0.15) is 52.1 Å². The highest BCUT2D eigenvalue weighted by Crippen LogP contribution is 2.32. The van der Waals surface area contributed by atoms with E-state index in [0.29, 0.717) is 34.4 Å². The Morgan fingerprint density at radius 2 is 1.75 bits per heavy atom. The maximum absolute atomic E-state index is 13.6. The van der Waals surface area contributed by atoms with E-state index < -0.39 is 9.84 Å². The first-order valence-corrected chi connectivity index (χ1v) is 14.0. The molecule has 8 heteroatoms. The second kappa shape index (κ2) is 9.17. The average molecular weight is 503 g/mol. The number of aromatic nitrogens is 3. The van der Waals surface area contributed by atoms with Gasteiger partial charge in [-0.3, -0.25) is 4.79 Å². The van der Waals surface area contributed by atoms with E-state index in [0.717, 1.165) is 28.8 Å². The third-order valence-electron chi connectivity index (χ3n) is 6.77. The number of carbonyl (C=O) groups excluding carboxylic acids is 1. The number of rotatable bonds is 5. The fourth-order valence-electron chi connectivity index (χ4n) is 5.02. The van der Waals surface area contributed by atoms with Crippen molar-refractivity contribution in [2.24, 2.45) is 0 Å². The zero-order valence-electron chi connectivity index (χ0n) is 21.0. The van der Waals surface area contributed by atoms with Crippen molar-refractivity contribution in [3.63, 3.8) is 0 Å². The monoisotopic (exact) mass is 502 g/mol. The minimum Gasteiger partial charge on any atom is -0.322 e. The molecule has 36 heavy (non-hydrogen) atoms. The number of anilines is 1. The summed E-state index contributed by atoms with van der Waals surface area (Å²) in [6, 6.07) is 15.6. The van der Waals surface area contributed by atoms with Crippen molar-refractivity contribution in [1.82, 2.24) is 14.8 Å². The van der Waals surface area contributed by atoms with Gasteiger partial charge in [0.15, 0.2) is 15.5 Å². The lowest BCUT2D eigenvalue weighted by molar-refractivity contribution is 0.102. The molecule has 1 aliphatic rings. The van der Waals surface area contributed by atoms with E-state index in [2.05, 4.69) is 35.5 Å². The van der Waals surface area contributed by atoms with Crippen molar-refractivity contribution in [1.29, 1.82) is 0 Å². The van der Waals surface area contributed by atoms with Gasteiger partial charge in [-0.05, 0) is 68.5 Å². The summed E-state index contributed by atoms with van der Waals surface area (Å²) in [5.74, 6) is -0.0821. The zero-order chi connectivity index (χ0) is 25.6. The Morgan fingerprint density at radius 1 is 1.06 bits per heavy atom. The predicted octanol–water partition coefficient (Wildman–Crippen LogP) is 5.20. The van der Waals surface area contributed by atoms with Gasteiger partial charge in [-0.2, -0.15) is 5.10 Å². The van der Waals surface area contributed by atoms with E-state index in [4.69, 9.17) is 4.98 Å². The molecule has 0 aliphatic carbocycles. The van der Waals surface area contributed by atoms with Gasteiger partial charge in [-0.15, -0.1) is 0 Å². The number of aryl methyl sites for hydroxylation is 4. The summed E-state index contributed by atoms with van der Waals surface area (Å²) in [4.78, 5) is 18.6. The van der Waals surface area contributed by atoms with Crippen molar-refractivity contribution in [2.75, 3.05) is 16.8 Å². The summed E-state index contributed by atoms with van der Waals surface area (Å²) in [5.41, 5.74) is 7.27. The van der Waals surface area contributed by atoms with Crippen molar-refractivity contribution >= 4 is 32.5 Å². The number of hydrogen-bond acceptors (Lipinski definition) is 5. The molecule has 2 aromatic heterocycles. The van der Waals surface area contributed by atoms with Crippen molar-refractivity contribution in [3.8, 4) is 11.3 Å². The number of carbonyl (C=O) groups is 1. The number of nitrogens with zero attached hydrogens (tertiary/aromatic N) is 3. The van der Waals surface area contributed by atoms with Crippen LogP contribution < -0.4 is 5.32 Å². The van der Waals surface area contributed by atoms with Gasteiger partial charge in [-0.1, -0.05) is 37.3 Å². The van der Waals surface area contributed by atoms with Crippen molar-refractivity contribution in [3.05, 3.63) is 76.5 Å². The molecule has 0 bridgehead atoms. The van der Waals surface area contributed by atoms with E-state index in [1.165, 1.54) is 5.56 Å². The molecule has 1 saturated heterocycles. The molecule has 1 unspecified atom stereocenters. The molecule has 1 N–H and O–H groups in total. The topological polar surface area (TPSA) is 94.0 Å². The second-order valence-electron chi connectivity index (χ2n) is 9.72. The summed E-state index contributed by atoms with van der Waals surface area (Å²) in [7, 11) is -3.12. The Bertz CT molecular complexity index is 1570. The van der Waals surface area contributed by atoms with Gasteiger partial charge < -0.3 is 5.32 Å². The van der Waals surface area contributed by atoms with Gasteiger partial charge >= 0.3 is 0 Å². The molecule has 1 aliphatic heterocycles. The normalized spacial score (nSPS) is 16.9. The average Bonchev–Trinajstić information content (AvgIpc) is 3.36. The summed E-state index contributed by atoms with van der Waals surface area (Å²) in [5, 5.41) is 8.38. The summed E-state index contributed by atoms with van der Waals surface area (Å²) >= 11 is 0. The minimum absolute atomic E-state index is 0.0322. The SMILES string of the molecule is CCc1ccc(-c2cc(C(=O)Nc3cc(C)cc(C)c3)c3c(C)nn(C4CCS(=O)(=O)C4)c3n2)cc1. The van der Waals surface area contributed by atoms with Gasteiger partial charge in [0.2, 0.25) is 0 Å². The highest BCUT2D eigenvalue weighted by atomic mass is 32.2. The predicted molar refractivity (Wildman–Crippen MR) is 143 cm³/mol. The van der Waals surface area contributed by atoms with Crippen molar-refractivity contribution in [2.45, 2.75) is 46.6 Å². The molecule has 2 aromatic carbocycles. The lowest BCUT2D eigenvalue weighted by atomic mass is 10.0. The van der Waals surface area contributed by atoms with Crippen LogP contribution in [0.3, 0.4) is 0 Å². The molecule has 5 rings (SSSR count). The molecule has 4 aromatic rings. The van der Waals surface area contributed by atoms with E-state index in [9.17, 15) is 13.2 Å². The number of pyridine rings is 1. The Hall–Kier alpha value is -3.52. The van der Waals surface area contributed by atoms with Crippen molar-refractivity contribution < 1.29 is 13.2 Å². The fourth-order valence-corrected chi connectivity index (χ4v) is 6.71. The van der Waals surface area contributed by atoms with Crippen LogP contribution in [-0.4, -0.2) is 40.6 Å². The fraction of sp³-hybridized carbons (Fsp3) is 0.321. The molecule has 3 heterocycles. The molecule has 1 fully saturated rings. The highest BCUT2D eigenvalue weighted by Gasteiger charge is 2.32. The van der Waals surface area contributed by atoms with E-state index >= 15 is 0 Å². The number of sulfone groups is 1. The van der Waals surface area contributed by atoms with Crippen LogP contribution in [0.5, 0.6) is 0 Å². The molecular weight excluding hydrogens is 472 g/mol. The summed E-state index contributed by atoms with van der Waals surface area (Å²) in [6.45, 7) is 7.93. The molecule has 7 nitrogen and oxygen atoms in total. The third-order valence-corrected chi connectivity index (χ3v) is 8.52. The Balaban J connectivity index is 1.67. The summed E-state index contributed by atoms with van der Waals surface area (Å²) < 4.78 is 26.1. The molecule has 186 valence electrons. The minimum atomic E-state index is -3.12. The van der Waals surface area contributed by atoms with Crippen LogP contribution in [-0.2, 0) is 16.3 Å².